The van der Waals surface area contributed by atoms with Crippen molar-refractivity contribution < 1.29 is 19.4 Å². The van der Waals surface area contributed by atoms with Crippen LogP contribution in [0.3, 0.4) is 0 Å². The number of esters is 1. The van der Waals surface area contributed by atoms with Crippen LogP contribution in [-0.2, 0) is 9.53 Å². The highest BCUT2D eigenvalue weighted by atomic mass is 32.1. The molecule has 21 heavy (non-hydrogen) atoms. The molecule has 0 aliphatic heterocycles. The smallest absolute Gasteiger partial charge is 0.305 e. The lowest BCUT2D eigenvalue weighted by Crippen LogP contribution is -2.24. The Morgan fingerprint density at radius 1 is 1.48 bits per heavy atom. The number of hydrogen-bond donors (Lipinski definition) is 2. The molecule has 2 N–H and O–H groups in total. The van der Waals surface area contributed by atoms with E-state index in [-0.39, 0.29) is 18.5 Å². The van der Waals surface area contributed by atoms with E-state index in [1.165, 1.54) is 11.3 Å². The molecular formula is C15H19NO4S. The maximum absolute atomic E-state index is 11.9. The third kappa shape index (κ3) is 5.98. The van der Waals surface area contributed by atoms with Gasteiger partial charge in [-0.25, -0.2) is 0 Å². The van der Waals surface area contributed by atoms with Crippen LogP contribution >= 0.6 is 11.3 Å². The molecule has 0 bridgehead atoms. The largest absolute Gasteiger partial charge is 0.466 e. The summed E-state index contributed by atoms with van der Waals surface area (Å²) in [7, 11) is 0. The molecule has 0 fully saturated rings. The van der Waals surface area contributed by atoms with Crippen LogP contribution in [0.2, 0.25) is 0 Å². The van der Waals surface area contributed by atoms with Gasteiger partial charge in [0.25, 0.3) is 5.91 Å². The highest BCUT2D eigenvalue weighted by Gasteiger charge is 2.11. The Hall–Kier alpha value is -1.84. The molecule has 0 aliphatic carbocycles. The maximum Gasteiger partial charge on any atom is 0.305 e. The summed E-state index contributed by atoms with van der Waals surface area (Å²) in [5, 5.41) is 11.4. The number of aryl methyl sites for hydroxylation is 1. The van der Waals surface area contributed by atoms with Gasteiger partial charge in [-0.05, 0) is 31.9 Å². The van der Waals surface area contributed by atoms with Crippen molar-refractivity contribution in [1.29, 1.82) is 0 Å². The molecule has 0 saturated heterocycles. The van der Waals surface area contributed by atoms with Crippen LogP contribution in [0.5, 0.6) is 0 Å². The first-order valence-corrected chi connectivity index (χ1v) is 7.54. The van der Waals surface area contributed by atoms with Crippen LogP contribution in [0.1, 0.15) is 39.9 Å². The van der Waals surface area contributed by atoms with Gasteiger partial charge in [-0.2, -0.15) is 0 Å². The number of rotatable bonds is 6. The lowest BCUT2D eigenvalue weighted by atomic mass is 10.2. The van der Waals surface area contributed by atoms with E-state index in [4.69, 9.17) is 9.84 Å². The zero-order valence-corrected chi connectivity index (χ0v) is 13.0. The number of nitrogens with one attached hydrogen (secondary N) is 1. The first-order valence-electron chi connectivity index (χ1n) is 6.72. The molecule has 5 nitrogen and oxygen atoms in total. The van der Waals surface area contributed by atoms with Gasteiger partial charge in [-0.1, -0.05) is 11.8 Å². The number of amides is 1. The van der Waals surface area contributed by atoms with Crippen LogP contribution < -0.4 is 5.32 Å². The van der Waals surface area contributed by atoms with Crippen LogP contribution in [0.4, 0.5) is 0 Å². The molecule has 0 saturated carbocycles. The van der Waals surface area contributed by atoms with Gasteiger partial charge < -0.3 is 15.2 Å². The Balaban J connectivity index is 2.44. The van der Waals surface area contributed by atoms with Gasteiger partial charge >= 0.3 is 5.97 Å². The zero-order chi connectivity index (χ0) is 15.7. The lowest BCUT2D eigenvalue weighted by Gasteiger charge is -2.03. The molecule has 1 aromatic heterocycles. The molecule has 0 unspecified atom stereocenters. The predicted octanol–water partition coefficient (Wildman–Crippen LogP) is 1.47. The van der Waals surface area contributed by atoms with E-state index in [0.717, 1.165) is 10.4 Å². The number of carbonyl (C=O) groups excluding carboxylic acids is 2. The molecule has 1 rings (SSSR count). The van der Waals surface area contributed by atoms with Crippen molar-refractivity contribution in [2.45, 2.75) is 26.7 Å². The summed E-state index contributed by atoms with van der Waals surface area (Å²) >= 11 is 1.29. The third-order valence-electron chi connectivity index (χ3n) is 2.57. The number of aliphatic hydroxyl groups excluding tert-OH is 1. The minimum absolute atomic E-state index is 0.177. The number of aliphatic hydroxyl groups is 1. The molecule has 0 aromatic carbocycles. The van der Waals surface area contributed by atoms with Crippen molar-refractivity contribution >= 4 is 23.2 Å². The Morgan fingerprint density at radius 3 is 2.90 bits per heavy atom. The van der Waals surface area contributed by atoms with E-state index < -0.39 is 0 Å². The van der Waals surface area contributed by atoms with Crippen molar-refractivity contribution in [1.82, 2.24) is 5.32 Å². The summed E-state index contributed by atoms with van der Waals surface area (Å²) in [5.41, 5.74) is 0.914. The van der Waals surface area contributed by atoms with E-state index in [0.29, 0.717) is 30.9 Å². The Labute approximate surface area is 128 Å². The van der Waals surface area contributed by atoms with E-state index in [1.54, 1.807) is 13.0 Å². The van der Waals surface area contributed by atoms with Gasteiger partial charge in [0.15, 0.2) is 0 Å². The molecule has 6 heteroatoms. The fourth-order valence-corrected chi connectivity index (χ4v) is 2.56. The minimum atomic E-state index is -0.250. The fraction of sp³-hybridized carbons (Fsp3) is 0.467. The molecule has 1 heterocycles. The average Bonchev–Trinajstić information content (AvgIpc) is 2.83. The number of ether oxygens (including phenoxy) is 1. The first kappa shape index (κ1) is 17.2. The molecule has 0 atom stereocenters. The number of thiophene rings is 1. The van der Waals surface area contributed by atoms with Crippen molar-refractivity contribution in [2.24, 2.45) is 0 Å². The Kier molecular flexibility index (Phi) is 7.51. The van der Waals surface area contributed by atoms with E-state index in [9.17, 15) is 9.59 Å². The van der Waals surface area contributed by atoms with Gasteiger partial charge in [0.2, 0.25) is 0 Å². The van der Waals surface area contributed by atoms with Crippen molar-refractivity contribution in [3.05, 3.63) is 21.4 Å². The lowest BCUT2D eigenvalue weighted by molar-refractivity contribution is -0.143. The van der Waals surface area contributed by atoms with Crippen molar-refractivity contribution in [3.8, 4) is 11.8 Å². The summed E-state index contributed by atoms with van der Waals surface area (Å²) in [6, 6.07) is 1.77. The molecule has 0 spiro atoms. The SMILES string of the molecule is CCOC(=O)CCCNC(=O)c1cc(C)c(C#CCO)s1. The van der Waals surface area contributed by atoms with Gasteiger partial charge in [0, 0.05) is 13.0 Å². The normalized spacial score (nSPS) is 9.67. The molecule has 114 valence electrons. The van der Waals surface area contributed by atoms with Gasteiger partial charge in [-0.3, -0.25) is 9.59 Å². The summed E-state index contributed by atoms with van der Waals surface area (Å²) in [6.45, 7) is 4.22. The first-order chi connectivity index (χ1) is 10.1. The van der Waals surface area contributed by atoms with Crippen LogP contribution in [0.15, 0.2) is 6.07 Å². The topological polar surface area (TPSA) is 75.6 Å². The van der Waals surface area contributed by atoms with Gasteiger partial charge in [-0.15, -0.1) is 11.3 Å². The van der Waals surface area contributed by atoms with E-state index in [1.807, 2.05) is 6.92 Å². The summed E-state index contributed by atoms with van der Waals surface area (Å²) in [5.74, 6) is 4.95. The monoisotopic (exact) mass is 309 g/mol. The van der Waals surface area contributed by atoms with E-state index >= 15 is 0 Å². The van der Waals surface area contributed by atoms with Crippen molar-refractivity contribution in [3.63, 3.8) is 0 Å². The van der Waals surface area contributed by atoms with E-state index in [2.05, 4.69) is 17.2 Å². The quantitative estimate of drug-likeness (QED) is 0.474. The highest BCUT2D eigenvalue weighted by molar-refractivity contribution is 7.14. The van der Waals surface area contributed by atoms with Gasteiger partial charge in [0.05, 0.1) is 16.4 Å². The van der Waals surface area contributed by atoms with Gasteiger partial charge in [0.1, 0.15) is 6.61 Å². The van der Waals surface area contributed by atoms with Crippen molar-refractivity contribution in [2.75, 3.05) is 19.8 Å². The Bertz CT molecular complexity index is 554. The molecule has 0 radical (unpaired) electrons. The number of hydrogen-bond acceptors (Lipinski definition) is 5. The van der Waals surface area contributed by atoms with Crippen LogP contribution in [-0.4, -0.2) is 36.7 Å². The second-order valence-electron chi connectivity index (χ2n) is 4.25. The second kappa shape index (κ2) is 9.16. The summed E-state index contributed by atoms with van der Waals surface area (Å²) < 4.78 is 4.80. The average molecular weight is 309 g/mol. The second-order valence-corrected chi connectivity index (χ2v) is 5.30. The molecular weight excluding hydrogens is 290 g/mol. The van der Waals surface area contributed by atoms with Crippen LogP contribution in [0, 0.1) is 18.8 Å². The minimum Gasteiger partial charge on any atom is -0.466 e. The number of carbonyl (C=O) groups is 2. The Morgan fingerprint density at radius 2 is 2.24 bits per heavy atom. The fourth-order valence-electron chi connectivity index (χ4n) is 1.59. The van der Waals surface area contributed by atoms with Crippen LogP contribution in [0.25, 0.3) is 0 Å². The predicted molar refractivity (Wildman–Crippen MR) is 81.2 cm³/mol. The maximum atomic E-state index is 11.9. The third-order valence-corrected chi connectivity index (χ3v) is 3.72. The highest BCUT2D eigenvalue weighted by Crippen LogP contribution is 2.20. The molecule has 1 aromatic rings. The zero-order valence-electron chi connectivity index (χ0n) is 12.2. The molecule has 0 aliphatic rings. The summed E-state index contributed by atoms with van der Waals surface area (Å²) in [6.07, 6.45) is 0.844. The molecule has 1 amide bonds. The summed E-state index contributed by atoms with van der Waals surface area (Å²) in [4.78, 5) is 24.4. The standard InChI is InChI=1S/C15H19NO4S/c1-3-20-14(18)7-4-8-16-15(19)13-10-11(2)12(21-13)6-5-9-17/h10,17H,3-4,7-9H2,1-2H3,(H,16,19).